The fourth-order valence-corrected chi connectivity index (χ4v) is 0.586. The molecule has 0 atom stereocenters. The summed E-state index contributed by atoms with van der Waals surface area (Å²) in [6, 6.07) is 0. The van der Waals surface area contributed by atoms with Crippen LogP contribution in [0.25, 0.3) is 0 Å². The van der Waals surface area contributed by atoms with E-state index in [9.17, 15) is 4.79 Å². The normalized spacial score (nSPS) is 11.7. The first-order valence-electron chi connectivity index (χ1n) is 3.42. The van der Waals surface area contributed by atoms with Gasteiger partial charge in [-0.15, -0.1) is 0 Å². The highest BCUT2D eigenvalue weighted by Crippen LogP contribution is 1.97. The van der Waals surface area contributed by atoms with Crippen LogP contribution in [0.15, 0.2) is 11.6 Å². The van der Waals surface area contributed by atoms with Crippen LogP contribution in [0, 0.1) is 0 Å². The van der Waals surface area contributed by atoms with E-state index < -0.39 is 0 Å². The van der Waals surface area contributed by atoms with Crippen molar-refractivity contribution in [3.63, 3.8) is 0 Å². The van der Waals surface area contributed by atoms with Gasteiger partial charge in [-0.3, -0.25) is 0 Å². The summed E-state index contributed by atoms with van der Waals surface area (Å²) in [4.78, 5) is 10.4. The van der Waals surface area contributed by atoms with E-state index in [1.165, 1.54) is 0 Å². The maximum Gasteiger partial charge on any atom is 0.130 e. The van der Waals surface area contributed by atoms with E-state index in [4.69, 9.17) is 5.11 Å². The van der Waals surface area contributed by atoms with Crippen LogP contribution in [0.5, 0.6) is 0 Å². The predicted molar refractivity (Wildman–Crippen MR) is 40.8 cm³/mol. The van der Waals surface area contributed by atoms with Gasteiger partial charge in [0, 0.05) is 6.42 Å². The molecule has 0 radical (unpaired) electrons. The van der Waals surface area contributed by atoms with E-state index in [1.54, 1.807) is 6.92 Å². The van der Waals surface area contributed by atoms with E-state index in [-0.39, 0.29) is 12.4 Å². The number of allylic oxidation sites excluding steroid dienone is 1. The molecular formula is C8H14O2. The quantitative estimate of drug-likeness (QED) is 0.600. The second-order valence-electron chi connectivity index (χ2n) is 2.45. The summed E-state index contributed by atoms with van der Waals surface area (Å²) in [6.07, 6.45) is 3.22. The van der Waals surface area contributed by atoms with Crippen LogP contribution in [-0.2, 0) is 4.79 Å². The standard InChI is InChI=1S/C8H14O2/c1-7(6-9)4-3-5-8(2)10/h4,9H,3,5-6H2,1-2H3. The van der Waals surface area contributed by atoms with Crippen LogP contribution in [0.1, 0.15) is 26.7 Å². The third-order valence-corrected chi connectivity index (χ3v) is 1.24. The van der Waals surface area contributed by atoms with Gasteiger partial charge in [0.2, 0.25) is 0 Å². The molecule has 10 heavy (non-hydrogen) atoms. The molecule has 0 spiro atoms. The Balaban J connectivity index is 3.43. The van der Waals surface area contributed by atoms with Crippen molar-refractivity contribution in [2.24, 2.45) is 0 Å². The van der Waals surface area contributed by atoms with Gasteiger partial charge in [-0.2, -0.15) is 0 Å². The fraction of sp³-hybridized carbons (Fsp3) is 0.625. The Labute approximate surface area is 61.6 Å². The Kier molecular flexibility index (Phi) is 4.85. The van der Waals surface area contributed by atoms with Crippen LogP contribution in [-0.4, -0.2) is 17.5 Å². The number of Topliss-reactive ketones (excluding diaryl/α,β-unsaturated/α-hetero) is 1. The zero-order chi connectivity index (χ0) is 7.98. The number of hydrogen-bond donors (Lipinski definition) is 1. The Morgan fingerprint density at radius 1 is 1.50 bits per heavy atom. The van der Waals surface area contributed by atoms with Crippen LogP contribution >= 0.6 is 0 Å². The fourth-order valence-electron chi connectivity index (χ4n) is 0.586. The van der Waals surface area contributed by atoms with E-state index in [0.29, 0.717) is 6.42 Å². The highest BCUT2D eigenvalue weighted by molar-refractivity contribution is 5.75. The zero-order valence-corrected chi connectivity index (χ0v) is 6.55. The number of carbonyl (C=O) groups excluding carboxylic acids is 1. The van der Waals surface area contributed by atoms with E-state index in [0.717, 1.165) is 12.0 Å². The molecule has 0 aliphatic carbocycles. The number of ketones is 1. The van der Waals surface area contributed by atoms with E-state index in [1.807, 2.05) is 13.0 Å². The molecule has 0 fully saturated rings. The Hall–Kier alpha value is -0.630. The number of hydrogen-bond acceptors (Lipinski definition) is 2. The first-order valence-corrected chi connectivity index (χ1v) is 3.42. The van der Waals surface area contributed by atoms with Crippen molar-refractivity contribution < 1.29 is 9.90 Å². The highest BCUT2D eigenvalue weighted by atomic mass is 16.3. The molecule has 2 nitrogen and oxygen atoms in total. The molecule has 0 aliphatic rings. The minimum Gasteiger partial charge on any atom is -0.392 e. The van der Waals surface area contributed by atoms with Crippen molar-refractivity contribution in [3.8, 4) is 0 Å². The third-order valence-electron chi connectivity index (χ3n) is 1.24. The lowest BCUT2D eigenvalue weighted by molar-refractivity contribution is -0.116. The summed E-state index contributed by atoms with van der Waals surface area (Å²) in [5, 5.41) is 8.55. The molecular weight excluding hydrogens is 128 g/mol. The smallest absolute Gasteiger partial charge is 0.130 e. The van der Waals surface area contributed by atoms with Gasteiger partial charge in [-0.1, -0.05) is 11.6 Å². The average Bonchev–Trinajstić information content (AvgIpc) is 1.87. The van der Waals surface area contributed by atoms with Crippen molar-refractivity contribution in [1.82, 2.24) is 0 Å². The molecule has 0 aromatic rings. The van der Waals surface area contributed by atoms with Crippen molar-refractivity contribution in [2.75, 3.05) is 6.61 Å². The maximum absolute atomic E-state index is 10.4. The highest BCUT2D eigenvalue weighted by Gasteiger charge is 1.90. The number of carbonyl (C=O) groups is 1. The first-order chi connectivity index (χ1) is 4.66. The molecule has 0 heterocycles. The molecule has 1 N–H and O–H groups in total. The summed E-state index contributed by atoms with van der Waals surface area (Å²) < 4.78 is 0. The van der Waals surface area contributed by atoms with Gasteiger partial charge >= 0.3 is 0 Å². The zero-order valence-electron chi connectivity index (χ0n) is 6.55. The lowest BCUT2D eigenvalue weighted by Crippen LogP contribution is -1.89. The maximum atomic E-state index is 10.4. The van der Waals surface area contributed by atoms with Gasteiger partial charge < -0.3 is 9.90 Å². The number of aliphatic hydroxyl groups excluding tert-OH is 1. The van der Waals surface area contributed by atoms with Crippen molar-refractivity contribution >= 4 is 5.78 Å². The molecule has 0 rings (SSSR count). The molecule has 2 heteroatoms. The van der Waals surface area contributed by atoms with Gasteiger partial charge in [0.15, 0.2) is 0 Å². The monoisotopic (exact) mass is 142 g/mol. The van der Waals surface area contributed by atoms with Crippen LogP contribution < -0.4 is 0 Å². The molecule has 0 amide bonds. The van der Waals surface area contributed by atoms with Crippen LogP contribution in [0.3, 0.4) is 0 Å². The summed E-state index contributed by atoms with van der Waals surface area (Å²) in [7, 11) is 0. The summed E-state index contributed by atoms with van der Waals surface area (Å²) in [5.74, 6) is 0.196. The molecule has 0 aromatic carbocycles. The van der Waals surface area contributed by atoms with Gasteiger partial charge in [0.25, 0.3) is 0 Å². The second-order valence-corrected chi connectivity index (χ2v) is 2.45. The summed E-state index contributed by atoms with van der Waals surface area (Å²) in [6.45, 7) is 3.51. The molecule has 0 unspecified atom stereocenters. The Bertz CT molecular complexity index is 136. The Morgan fingerprint density at radius 3 is 2.50 bits per heavy atom. The van der Waals surface area contributed by atoms with Crippen LogP contribution in [0.4, 0.5) is 0 Å². The Morgan fingerprint density at radius 2 is 2.10 bits per heavy atom. The topological polar surface area (TPSA) is 37.3 Å². The molecule has 0 saturated carbocycles. The third kappa shape index (κ3) is 5.51. The van der Waals surface area contributed by atoms with Gasteiger partial charge in [0.05, 0.1) is 6.61 Å². The van der Waals surface area contributed by atoms with E-state index >= 15 is 0 Å². The molecule has 0 saturated heterocycles. The van der Waals surface area contributed by atoms with Gasteiger partial charge in [0.1, 0.15) is 5.78 Å². The molecule has 0 bridgehead atoms. The average molecular weight is 142 g/mol. The molecule has 0 aromatic heterocycles. The lowest BCUT2D eigenvalue weighted by Gasteiger charge is -1.92. The lowest BCUT2D eigenvalue weighted by atomic mass is 10.2. The largest absolute Gasteiger partial charge is 0.392 e. The minimum atomic E-state index is 0.0951. The van der Waals surface area contributed by atoms with Crippen molar-refractivity contribution in [1.29, 1.82) is 0 Å². The van der Waals surface area contributed by atoms with E-state index in [2.05, 4.69) is 0 Å². The van der Waals surface area contributed by atoms with Crippen LogP contribution in [0.2, 0.25) is 0 Å². The van der Waals surface area contributed by atoms with Crippen molar-refractivity contribution in [3.05, 3.63) is 11.6 Å². The SMILES string of the molecule is CC(=O)CCC=C(C)CO. The minimum absolute atomic E-state index is 0.0951. The first kappa shape index (κ1) is 9.37. The molecule has 0 aliphatic heterocycles. The van der Waals surface area contributed by atoms with Gasteiger partial charge in [-0.05, 0) is 20.3 Å². The summed E-state index contributed by atoms with van der Waals surface area (Å²) in [5.41, 5.74) is 0.932. The summed E-state index contributed by atoms with van der Waals surface area (Å²) >= 11 is 0. The molecule has 58 valence electrons. The van der Waals surface area contributed by atoms with Gasteiger partial charge in [-0.25, -0.2) is 0 Å². The predicted octanol–water partition coefficient (Wildman–Crippen LogP) is 1.29. The van der Waals surface area contributed by atoms with Crippen molar-refractivity contribution in [2.45, 2.75) is 26.7 Å². The number of rotatable bonds is 4. The number of aliphatic hydroxyl groups is 1. The second kappa shape index (κ2) is 5.18.